The molecule has 0 unspecified atom stereocenters. The van der Waals surface area contributed by atoms with Crippen molar-refractivity contribution < 1.29 is 18.0 Å². The maximum Gasteiger partial charge on any atom is 0.417 e. The van der Waals surface area contributed by atoms with Gasteiger partial charge in [0.2, 0.25) is 0 Å². The minimum Gasteiger partial charge on any atom is -0.286 e. The van der Waals surface area contributed by atoms with Crippen LogP contribution < -0.4 is 0 Å². The molecule has 0 saturated carbocycles. The minimum absolute atomic E-state index is 0.260. The van der Waals surface area contributed by atoms with Crippen molar-refractivity contribution in [1.82, 2.24) is 4.90 Å². The molecule has 0 spiro atoms. The fourth-order valence-corrected chi connectivity index (χ4v) is 3.89. The van der Waals surface area contributed by atoms with Gasteiger partial charge in [0.1, 0.15) is 0 Å². The average molecular weight is 399 g/mol. The molecule has 2 aromatic rings. The number of amides is 1. The smallest absolute Gasteiger partial charge is 0.286 e. The highest BCUT2D eigenvalue weighted by molar-refractivity contribution is 8.13. The van der Waals surface area contributed by atoms with Crippen molar-refractivity contribution in [2.24, 2.45) is 4.99 Å². The molecule has 0 fully saturated rings. The monoisotopic (exact) mass is 398 g/mol. The second-order valence-electron chi connectivity index (χ2n) is 5.54. The van der Waals surface area contributed by atoms with E-state index in [1.165, 1.54) is 34.9 Å². The van der Waals surface area contributed by atoms with Crippen molar-refractivity contribution in [2.75, 3.05) is 13.1 Å². The van der Waals surface area contributed by atoms with Crippen molar-refractivity contribution in [3.05, 3.63) is 70.2 Å². The first kappa shape index (κ1) is 18.8. The normalized spacial score (nSPS) is 14.5. The van der Waals surface area contributed by atoms with Gasteiger partial charge in [-0.3, -0.25) is 14.7 Å². The van der Waals surface area contributed by atoms with Gasteiger partial charge in [-0.1, -0.05) is 53.7 Å². The lowest BCUT2D eigenvalue weighted by Gasteiger charge is -2.20. The zero-order valence-corrected chi connectivity index (χ0v) is 15.0. The fourth-order valence-electron chi connectivity index (χ4n) is 2.56. The second-order valence-corrected chi connectivity index (χ2v) is 6.89. The Kier molecular flexibility index (Phi) is 5.58. The summed E-state index contributed by atoms with van der Waals surface area (Å²) in [4.78, 5) is 18.3. The van der Waals surface area contributed by atoms with E-state index in [1.807, 2.05) is 18.2 Å². The molecule has 0 N–H and O–H groups in total. The van der Waals surface area contributed by atoms with Crippen molar-refractivity contribution in [1.29, 1.82) is 0 Å². The third-order valence-electron chi connectivity index (χ3n) is 3.82. The summed E-state index contributed by atoms with van der Waals surface area (Å²) < 4.78 is 39.6. The van der Waals surface area contributed by atoms with Crippen LogP contribution in [0.15, 0.2) is 53.5 Å². The highest BCUT2D eigenvalue weighted by Crippen LogP contribution is 2.33. The van der Waals surface area contributed by atoms with E-state index in [1.54, 1.807) is 6.07 Å². The quantitative estimate of drug-likeness (QED) is 0.720. The van der Waals surface area contributed by atoms with Crippen LogP contribution in [0.4, 0.5) is 13.2 Å². The summed E-state index contributed by atoms with van der Waals surface area (Å²) in [6.07, 6.45) is -4.59. The molecule has 26 heavy (non-hydrogen) atoms. The number of aliphatic imine (C=N–C) groups is 1. The Balaban J connectivity index is 1.78. The third kappa shape index (κ3) is 4.04. The van der Waals surface area contributed by atoms with Gasteiger partial charge in [0.25, 0.3) is 5.91 Å². The van der Waals surface area contributed by atoms with Gasteiger partial charge in [0.05, 0.1) is 17.7 Å². The summed E-state index contributed by atoms with van der Waals surface area (Å²) in [5, 5.41) is 1.01. The summed E-state index contributed by atoms with van der Waals surface area (Å²) in [5.74, 6) is -0.218. The largest absolute Gasteiger partial charge is 0.417 e. The van der Waals surface area contributed by atoms with Gasteiger partial charge in [0.15, 0.2) is 5.17 Å². The molecule has 1 amide bonds. The molecule has 8 heteroatoms. The van der Waals surface area contributed by atoms with Crippen LogP contribution in [0.25, 0.3) is 0 Å². The number of benzene rings is 2. The van der Waals surface area contributed by atoms with E-state index in [9.17, 15) is 18.0 Å². The maximum atomic E-state index is 13.2. The molecule has 0 atom stereocenters. The van der Waals surface area contributed by atoms with Gasteiger partial charge < -0.3 is 0 Å². The summed E-state index contributed by atoms with van der Waals surface area (Å²) in [5.41, 5.74) is -0.433. The maximum absolute atomic E-state index is 13.2. The molecule has 3 nitrogen and oxygen atoms in total. The van der Waals surface area contributed by atoms with E-state index in [4.69, 9.17) is 11.6 Å². The van der Waals surface area contributed by atoms with Gasteiger partial charge in [0, 0.05) is 17.3 Å². The summed E-state index contributed by atoms with van der Waals surface area (Å²) in [6, 6.07) is 12.1. The molecule has 0 radical (unpaired) electrons. The van der Waals surface area contributed by atoms with E-state index in [0.29, 0.717) is 22.5 Å². The van der Waals surface area contributed by atoms with Crippen LogP contribution in [0.1, 0.15) is 21.5 Å². The standard InChI is InChI=1S/C18H14ClF3N2OS/c19-15-8-4-1-5-12(15)11-26-17-23-9-10-24(17)16(25)13-6-2-3-7-14(13)18(20,21)22/h1-8H,9-11H2. The summed E-state index contributed by atoms with van der Waals surface area (Å²) in [7, 11) is 0. The number of halogens is 4. The molecule has 0 aromatic heterocycles. The molecule has 1 heterocycles. The lowest BCUT2D eigenvalue weighted by molar-refractivity contribution is -0.138. The Morgan fingerprint density at radius 1 is 1.15 bits per heavy atom. The van der Waals surface area contributed by atoms with Crippen molar-refractivity contribution in [2.45, 2.75) is 11.9 Å². The molecule has 1 aliphatic heterocycles. The number of nitrogens with zero attached hydrogens (tertiary/aromatic N) is 2. The number of hydrogen-bond acceptors (Lipinski definition) is 3. The Morgan fingerprint density at radius 3 is 2.58 bits per heavy atom. The van der Waals surface area contributed by atoms with Crippen LogP contribution in [0, 0.1) is 0 Å². The number of thioether (sulfide) groups is 1. The first-order chi connectivity index (χ1) is 12.4. The first-order valence-corrected chi connectivity index (χ1v) is 9.13. The van der Waals surface area contributed by atoms with Crippen LogP contribution in [0.5, 0.6) is 0 Å². The van der Waals surface area contributed by atoms with Crippen LogP contribution >= 0.6 is 23.4 Å². The molecule has 3 rings (SSSR count). The van der Waals surface area contributed by atoms with E-state index in [-0.39, 0.29) is 12.1 Å². The molecule has 1 aliphatic rings. The lowest BCUT2D eigenvalue weighted by atomic mass is 10.1. The number of amidine groups is 1. The van der Waals surface area contributed by atoms with E-state index in [0.717, 1.165) is 11.6 Å². The predicted octanol–water partition coefficient (Wildman–Crippen LogP) is 5.10. The average Bonchev–Trinajstić information content (AvgIpc) is 3.08. The summed E-state index contributed by atoms with van der Waals surface area (Å²) in [6.45, 7) is 0.626. The number of carbonyl (C=O) groups excluding carboxylic acids is 1. The molecule has 0 saturated heterocycles. The first-order valence-electron chi connectivity index (χ1n) is 7.76. The molecular weight excluding hydrogens is 385 g/mol. The predicted molar refractivity (Wildman–Crippen MR) is 97.5 cm³/mol. The SMILES string of the molecule is O=C(c1ccccc1C(F)(F)F)N1CCN=C1SCc1ccccc1Cl. The molecule has 0 aliphatic carbocycles. The van der Waals surface area contributed by atoms with Gasteiger partial charge >= 0.3 is 6.18 Å². The Hall–Kier alpha value is -1.99. The number of rotatable bonds is 3. The van der Waals surface area contributed by atoms with Crippen LogP contribution in [-0.2, 0) is 11.9 Å². The zero-order valence-electron chi connectivity index (χ0n) is 13.5. The highest BCUT2D eigenvalue weighted by atomic mass is 35.5. The number of alkyl halides is 3. The number of hydrogen-bond donors (Lipinski definition) is 0. The highest BCUT2D eigenvalue weighted by Gasteiger charge is 2.37. The second kappa shape index (κ2) is 7.72. The lowest BCUT2D eigenvalue weighted by Crippen LogP contribution is -2.34. The van der Waals surface area contributed by atoms with Crippen molar-refractivity contribution >= 4 is 34.4 Å². The van der Waals surface area contributed by atoms with Crippen LogP contribution in [0.2, 0.25) is 5.02 Å². The molecule has 0 bridgehead atoms. The van der Waals surface area contributed by atoms with E-state index < -0.39 is 17.6 Å². The topological polar surface area (TPSA) is 32.7 Å². The Morgan fingerprint density at radius 2 is 1.85 bits per heavy atom. The molecule has 136 valence electrons. The van der Waals surface area contributed by atoms with Crippen molar-refractivity contribution in [3.63, 3.8) is 0 Å². The van der Waals surface area contributed by atoms with E-state index in [2.05, 4.69) is 4.99 Å². The minimum atomic E-state index is -4.59. The van der Waals surface area contributed by atoms with Crippen molar-refractivity contribution in [3.8, 4) is 0 Å². The van der Waals surface area contributed by atoms with Gasteiger partial charge in [-0.05, 0) is 23.8 Å². The van der Waals surface area contributed by atoms with Crippen LogP contribution in [-0.4, -0.2) is 29.1 Å². The Labute approximate surface area is 157 Å². The van der Waals surface area contributed by atoms with E-state index >= 15 is 0 Å². The summed E-state index contributed by atoms with van der Waals surface area (Å²) >= 11 is 7.40. The Bertz CT molecular complexity index is 854. The molecule has 2 aromatic carbocycles. The molecular formula is C18H14ClF3N2OS. The van der Waals surface area contributed by atoms with Gasteiger partial charge in [-0.2, -0.15) is 13.2 Å². The number of carbonyl (C=O) groups is 1. The third-order valence-corrected chi connectivity index (χ3v) is 5.26. The van der Waals surface area contributed by atoms with Gasteiger partial charge in [-0.25, -0.2) is 0 Å². The zero-order chi connectivity index (χ0) is 18.7. The van der Waals surface area contributed by atoms with Gasteiger partial charge in [-0.15, -0.1) is 0 Å². The van der Waals surface area contributed by atoms with Crippen LogP contribution in [0.3, 0.4) is 0 Å². The fraction of sp³-hybridized carbons (Fsp3) is 0.222.